The fourth-order valence-electron chi connectivity index (χ4n) is 2.64. The molecule has 0 saturated carbocycles. The SMILES string of the molecule is CC(C)C1=NOC(C(=O)NCCCn2ncc3ccccc32)C1. The van der Waals surface area contributed by atoms with Crippen molar-refractivity contribution in [2.45, 2.75) is 39.3 Å². The van der Waals surface area contributed by atoms with Crippen LogP contribution < -0.4 is 5.32 Å². The number of nitrogens with one attached hydrogen (secondary N) is 1. The van der Waals surface area contributed by atoms with Crippen molar-refractivity contribution in [1.29, 1.82) is 0 Å². The number of fused-ring (bicyclic) bond motifs is 1. The molecule has 1 unspecified atom stereocenters. The van der Waals surface area contributed by atoms with E-state index in [1.54, 1.807) is 0 Å². The molecule has 6 heteroatoms. The molecule has 2 aromatic rings. The van der Waals surface area contributed by atoms with Gasteiger partial charge in [0.05, 0.1) is 17.4 Å². The molecule has 6 nitrogen and oxygen atoms in total. The van der Waals surface area contributed by atoms with Gasteiger partial charge >= 0.3 is 0 Å². The van der Waals surface area contributed by atoms with Crippen molar-refractivity contribution >= 4 is 22.5 Å². The first-order valence-corrected chi connectivity index (χ1v) is 8.06. The summed E-state index contributed by atoms with van der Waals surface area (Å²) in [6, 6.07) is 8.11. The highest BCUT2D eigenvalue weighted by Gasteiger charge is 2.28. The molecule has 0 saturated heterocycles. The van der Waals surface area contributed by atoms with Gasteiger partial charge in [0, 0.05) is 24.9 Å². The summed E-state index contributed by atoms with van der Waals surface area (Å²) >= 11 is 0. The van der Waals surface area contributed by atoms with Crippen molar-refractivity contribution in [2.24, 2.45) is 11.1 Å². The van der Waals surface area contributed by atoms with Gasteiger partial charge in [-0.1, -0.05) is 37.2 Å². The van der Waals surface area contributed by atoms with Crippen LogP contribution in [0.2, 0.25) is 0 Å². The third-order valence-corrected chi connectivity index (χ3v) is 4.05. The van der Waals surface area contributed by atoms with Crippen molar-refractivity contribution in [2.75, 3.05) is 6.54 Å². The van der Waals surface area contributed by atoms with Crippen LogP contribution in [-0.4, -0.2) is 34.0 Å². The van der Waals surface area contributed by atoms with E-state index in [2.05, 4.69) is 35.5 Å². The summed E-state index contributed by atoms with van der Waals surface area (Å²) in [7, 11) is 0. The monoisotopic (exact) mass is 314 g/mol. The number of aromatic nitrogens is 2. The van der Waals surface area contributed by atoms with Gasteiger partial charge in [-0.25, -0.2) is 0 Å². The van der Waals surface area contributed by atoms with E-state index >= 15 is 0 Å². The highest BCUT2D eigenvalue weighted by atomic mass is 16.6. The molecule has 1 aromatic heterocycles. The molecule has 1 aliphatic rings. The van der Waals surface area contributed by atoms with E-state index in [1.807, 2.05) is 29.1 Å². The largest absolute Gasteiger partial charge is 0.382 e. The molecule has 0 bridgehead atoms. The number of amides is 1. The molecule has 1 aromatic carbocycles. The van der Waals surface area contributed by atoms with E-state index in [1.165, 1.54) is 0 Å². The van der Waals surface area contributed by atoms with Gasteiger partial charge in [0.15, 0.2) is 0 Å². The summed E-state index contributed by atoms with van der Waals surface area (Å²) in [5, 5.41) is 12.4. The lowest BCUT2D eigenvalue weighted by atomic mass is 10.0. The van der Waals surface area contributed by atoms with Crippen LogP contribution in [0.3, 0.4) is 0 Å². The Morgan fingerprint density at radius 2 is 2.26 bits per heavy atom. The molecule has 3 rings (SSSR count). The van der Waals surface area contributed by atoms with Gasteiger partial charge in [0.25, 0.3) is 5.91 Å². The Bertz CT molecular complexity index is 720. The molecule has 2 heterocycles. The minimum atomic E-state index is -0.474. The van der Waals surface area contributed by atoms with Gasteiger partial charge in [-0.15, -0.1) is 0 Å². The second-order valence-corrected chi connectivity index (χ2v) is 6.11. The Kier molecular flexibility index (Phi) is 4.60. The lowest BCUT2D eigenvalue weighted by molar-refractivity contribution is -0.131. The fourth-order valence-corrected chi connectivity index (χ4v) is 2.64. The molecule has 1 aliphatic heterocycles. The van der Waals surface area contributed by atoms with Crippen LogP contribution >= 0.6 is 0 Å². The lowest BCUT2D eigenvalue weighted by Gasteiger charge is -2.10. The smallest absolute Gasteiger partial charge is 0.264 e. The van der Waals surface area contributed by atoms with Crippen LogP contribution in [0.15, 0.2) is 35.6 Å². The van der Waals surface area contributed by atoms with Crippen molar-refractivity contribution in [3.8, 4) is 0 Å². The number of hydrogen-bond acceptors (Lipinski definition) is 4. The number of para-hydroxylation sites is 1. The maximum Gasteiger partial charge on any atom is 0.264 e. The molecular formula is C17H22N4O2. The Morgan fingerprint density at radius 1 is 1.43 bits per heavy atom. The lowest BCUT2D eigenvalue weighted by Crippen LogP contribution is -2.35. The van der Waals surface area contributed by atoms with Crippen LogP contribution in [0, 0.1) is 5.92 Å². The van der Waals surface area contributed by atoms with Gasteiger partial charge in [0.1, 0.15) is 0 Å². The maximum atomic E-state index is 12.1. The normalized spacial score (nSPS) is 17.3. The summed E-state index contributed by atoms with van der Waals surface area (Å²) in [6.45, 7) is 5.48. The van der Waals surface area contributed by atoms with E-state index in [-0.39, 0.29) is 5.91 Å². The van der Waals surface area contributed by atoms with Crippen LogP contribution in [0.5, 0.6) is 0 Å². The molecule has 0 radical (unpaired) electrons. The maximum absolute atomic E-state index is 12.1. The first-order chi connectivity index (χ1) is 11.1. The van der Waals surface area contributed by atoms with E-state index in [0.29, 0.717) is 18.9 Å². The zero-order valence-electron chi connectivity index (χ0n) is 13.5. The number of carbonyl (C=O) groups excluding carboxylic acids is 1. The van der Waals surface area contributed by atoms with E-state index in [0.717, 1.165) is 29.6 Å². The molecule has 23 heavy (non-hydrogen) atoms. The summed E-state index contributed by atoms with van der Waals surface area (Å²) in [5.74, 6) is 0.232. The average molecular weight is 314 g/mol. The van der Waals surface area contributed by atoms with Gasteiger partial charge in [-0.2, -0.15) is 5.10 Å². The predicted octanol–water partition coefficient (Wildman–Crippen LogP) is 2.34. The van der Waals surface area contributed by atoms with Crippen molar-refractivity contribution in [1.82, 2.24) is 15.1 Å². The summed E-state index contributed by atoms with van der Waals surface area (Å²) in [4.78, 5) is 17.3. The Hall–Kier alpha value is -2.37. The van der Waals surface area contributed by atoms with E-state index < -0.39 is 6.10 Å². The zero-order valence-corrected chi connectivity index (χ0v) is 13.5. The molecule has 122 valence electrons. The first-order valence-electron chi connectivity index (χ1n) is 8.06. The number of carbonyl (C=O) groups is 1. The zero-order chi connectivity index (χ0) is 16.2. The van der Waals surface area contributed by atoms with Gasteiger partial charge < -0.3 is 10.2 Å². The van der Waals surface area contributed by atoms with Crippen molar-refractivity contribution < 1.29 is 9.63 Å². The highest BCUT2D eigenvalue weighted by molar-refractivity contribution is 5.93. The molecule has 0 fully saturated rings. The van der Waals surface area contributed by atoms with Crippen molar-refractivity contribution in [3.63, 3.8) is 0 Å². The topological polar surface area (TPSA) is 68.5 Å². The van der Waals surface area contributed by atoms with Crippen LogP contribution in [0.1, 0.15) is 26.7 Å². The third kappa shape index (κ3) is 3.52. The van der Waals surface area contributed by atoms with Crippen LogP contribution in [0.25, 0.3) is 10.9 Å². The summed E-state index contributed by atoms with van der Waals surface area (Å²) in [6.07, 6.45) is 2.80. The fraction of sp³-hybridized carbons (Fsp3) is 0.471. The van der Waals surface area contributed by atoms with Crippen molar-refractivity contribution in [3.05, 3.63) is 30.5 Å². The Balaban J connectivity index is 1.43. The Labute approximate surface area is 135 Å². The number of hydrogen-bond donors (Lipinski definition) is 1. The average Bonchev–Trinajstić information content (AvgIpc) is 3.19. The summed E-state index contributed by atoms with van der Waals surface area (Å²) in [5.41, 5.74) is 2.07. The molecule has 1 N–H and O–H groups in total. The number of rotatable bonds is 6. The highest BCUT2D eigenvalue weighted by Crippen LogP contribution is 2.16. The quantitative estimate of drug-likeness (QED) is 0.832. The number of aryl methyl sites for hydroxylation is 1. The van der Waals surface area contributed by atoms with Crippen LogP contribution in [0.4, 0.5) is 0 Å². The predicted molar refractivity (Wildman–Crippen MR) is 89.1 cm³/mol. The molecule has 0 aliphatic carbocycles. The standard InChI is InChI=1S/C17H22N4O2/c1-12(2)14-10-16(23-20-14)17(22)18-8-5-9-21-15-7-4-3-6-13(15)11-19-21/h3-4,6-7,11-12,16H,5,8-10H2,1-2H3,(H,18,22). The van der Waals surface area contributed by atoms with Gasteiger partial charge in [-0.05, 0) is 18.4 Å². The second kappa shape index (κ2) is 6.81. The number of benzene rings is 1. The minimum absolute atomic E-state index is 0.0882. The number of oxime groups is 1. The second-order valence-electron chi connectivity index (χ2n) is 6.11. The van der Waals surface area contributed by atoms with Gasteiger partial charge in [-0.3, -0.25) is 9.48 Å². The van der Waals surface area contributed by atoms with E-state index in [4.69, 9.17) is 4.84 Å². The molecular weight excluding hydrogens is 292 g/mol. The molecule has 1 atom stereocenters. The van der Waals surface area contributed by atoms with Gasteiger partial charge in [0.2, 0.25) is 6.10 Å². The minimum Gasteiger partial charge on any atom is -0.382 e. The molecule has 0 spiro atoms. The third-order valence-electron chi connectivity index (χ3n) is 4.05. The van der Waals surface area contributed by atoms with E-state index in [9.17, 15) is 4.79 Å². The Morgan fingerprint density at radius 3 is 3.04 bits per heavy atom. The molecule has 1 amide bonds. The number of nitrogens with zero attached hydrogens (tertiary/aromatic N) is 3. The van der Waals surface area contributed by atoms with Crippen LogP contribution in [-0.2, 0) is 16.2 Å². The summed E-state index contributed by atoms with van der Waals surface area (Å²) < 4.78 is 1.97. The first kappa shape index (κ1) is 15.5.